The van der Waals surface area contributed by atoms with Crippen LogP contribution in [-0.4, -0.2) is 38.3 Å². The van der Waals surface area contributed by atoms with E-state index in [9.17, 15) is 4.79 Å². The van der Waals surface area contributed by atoms with Crippen molar-refractivity contribution in [2.24, 2.45) is 0 Å². The summed E-state index contributed by atoms with van der Waals surface area (Å²) in [5.74, 6) is 2.24. The van der Waals surface area contributed by atoms with E-state index in [2.05, 4.69) is 5.32 Å². The van der Waals surface area contributed by atoms with Crippen LogP contribution in [0.3, 0.4) is 0 Å². The number of carbonyl (C=O) groups excluding carboxylic acids is 1. The Labute approximate surface area is 182 Å². The van der Waals surface area contributed by atoms with Gasteiger partial charge in [-0.05, 0) is 48.0 Å². The molecule has 1 amide bonds. The van der Waals surface area contributed by atoms with Crippen molar-refractivity contribution < 1.29 is 19.0 Å². The van der Waals surface area contributed by atoms with Crippen LogP contribution in [0.5, 0.6) is 17.2 Å². The quantitative estimate of drug-likeness (QED) is 0.604. The minimum Gasteiger partial charge on any atom is -0.497 e. The lowest BCUT2D eigenvalue weighted by Gasteiger charge is -2.22. The number of methoxy groups -OCH3 is 1. The number of fused-ring (bicyclic) bond motifs is 1. The molecule has 0 fully saturated rings. The van der Waals surface area contributed by atoms with Gasteiger partial charge in [-0.2, -0.15) is 0 Å². The summed E-state index contributed by atoms with van der Waals surface area (Å²) in [6.07, 6.45) is 0. The first-order valence-corrected chi connectivity index (χ1v) is 10.2. The van der Waals surface area contributed by atoms with E-state index in [1.165, 1.54) is 0 Å². The topological polar surface area (TPSA) is 60.0 Å². The fraction of sp³-hybridized carbons (Fsp3) is 0.240. The first-order valence-electron chi connectivity index (χ1n) is 10.2. The van der Waals surface area contributed by atoms with Gasteiger partial charge >= 0.3 is 0 Å². The van der Waals surface area contributed by atoms with E-state index < -0.39 is 0 Å². The van der Waals surface area contributed by atoms with Crippen LogP contribution in [0.15, 0.2) is 72.8 Å². The standard InChI is InChI=1S/C25H26N2O4/c1-27(15-18-8-13-22-23(14-18)31-17-30-22)16-24(28)26-25(19-6-4-3-5-7-19)20-9-11-21(29-2)12-10-20/h3-14,25H,15-17H2,1-2H3,(H,26,28). The molecular weight excluding hydrogens is 392 g/mol. The van der Waals surface area contributed by atoms with Crippen molar-refractivity contribution in [3.05, 3.63) is 89.5 Å². The number of hydrogen-bond donors (Lipinski definition) is 1. The Balaban J connectivity index is 1.43. The predicted octanol–water partition coefficient (Wildman–Crippen LogP) is 3.76. The minimum absolute atomic E-state index is 0.0482. The molecule has 1 unspecified atom stereocenters. The van der Waals surface area contributed by atoms with Crippen LogP contribution in [0.1, 0.15) is 22.7 Å². The molecule has 1 aliphatic rings. The average Bonchev–Trinajstić information content (AvgIpc) is 3.26. The molecule has 4 rings (SSSR count). The second-order valence-electron chi connectivity index (χ2n) is 7.54. The van der Waals surface area contributed by atoms with Gasteiger partial charge in [-0.25, -0.2) is 0 Å². The third kappa shape index (κ3) is 5.16. The number of nitrogens with zero attached hydrogens (tertiary/aromatic N) is 1. The van der Waals surface area contributed by atoms with Crippen molar-refractivity contribution in [1.29, 1.82) is 0 Å². The van der Waals surface area contributed by atoms with E-state index in [1.54, 1.807) is 7.11 Å². The Morgan fingerprint density at radius 2 is 1.71 bits per heavy atom. The van der Waals surface area contributed by atoms with Crippen molar-refractivity contribution in [2.75, 3.05) is 27.5 Å². The zero-order valence-electron chi connectivity index (χ0n) is 17.7. The summed E-state index contributed by atoms with van der Waals surface area (Å²) in [5.41, 5.74) is 3.09. The van der Waals surface area contributed by atoms with Crippen molar-refractivity contribution in [3.8, 4) is 17.2 Å². The lowest BCUT2D eigenvalue weighted by molar-refractivity contribution is -0.122. The lowest BCUT2D eigenvalue weighted by Crippen LogP contribution is -2.37. The first-order chi connectivity index (χ1) is 15.1. The highest BCUT2D eigenvalue weighted by Crippen LogP contribution is 2.32. The number of hydrogen-bond acceptors (Lipinski definition) is 5. The molecule has 0 saturated heterocycles. The summed E-state index contributed by atoms with van der Waals surface area (Å²) in [6.45, 7) is 1.15. The maximum absolute atomic E-state index is 12.9. The molecule has 31 heavy (non-hydrogen) atoms. The zero-order valence-corrected chi connectivity index (χ0v) is 17.7. The van der Waals surface area contributed by atoms with Crippen LogP contribution >= 0.6 is 0 Å². The predicted molar refractivity (Wildman–Crippen MR) is 118 cm³/mol. The number of amides is 1. The fourth-order valence-corrected chi connectivity index (χ4v) is 3.66. The number of benzene rings is 3. The smallest absolute Gasteiger partial charge is 0.234 e. The van der Waals surface area contributed by atoms with Crippen LogP contribution in [-0.2, 0) is 11.3 Å². The van der Waals surface area contributed by atoms with Crippen LogP contribution in [0.4, 0.5) is 0 Å². The molecule has 160 valence electrons. The van der Waals surface area contributed by atoms with Gasteiger partial charge in [-0.3, -0.25) is 9.69 Å². The van der Waals surface area contributed by atoms with Gasteiger partial charge in [-0.15, -0.1) is 0 Å². The molecule has 6 nitrogen and oxygen atoms in total. The molecule has 0 aliphatic carbocycles. The Bertz CT molecular complexity index is 1020. The van der Waals surface area contributed by atoms with E-state index in [0.717, 1.165) is 33.9 Å². The van der Waals surface area contributed by atoms with Crippen LogP contribution in [0, 0.1) is 0 Å². The highest BCUT2D eigenvalue weighted by atomic mass is 16.7. The molecule has 6 heteroatoms. The molecule has 0 aromatic heterocycles. The Morgan fingerprint density at radius 3 is 2.45 bits per heavy atom. The van der Waals surface area contributed by atoms with Gasteiger partial charge in [0.2, 0.25) is 12.7 Å². The van der Waals surface area contributed by atoms with E-state index >= 15 is 0 Å². The zero-order chi connectivity index (χ0) is 21.6. The summed E-state index contributed by atoms with van der Waals surface area (Å²) in [5, 5.41) is 3.18. The molecular formula is C25H26N2O4. The van der Waals surface area contributed by atoms with Crippen molar-refractivity contribution in [1.82, 2.24) is 10.2 Å². The van der Waals surface area contributed by atoms with Crippen molar-refractivity contribution in [2.45, 2.75) is 12.6 Å². The molecule has 0 bridgehead atoms. The molecule has 1 atom stereocenters. The minimum atomic E-state index is -0.237. The second-order valence-corrected chi connectivity index (χ2v) is 7.54. The van der Waals surface area contributed by atoms with Gasteiger partial charge in [-0.1, -0.05) is 48.5 Å². The Hall–Kier alpha value is -3.51. The van der Waals surface area contributed by atoms with Gasteiger partial charge in [0.25, 0.3) is 0 Å². The molecule has 0 spiro atoms. The summed E-state index contributed by atoms with van der Waals surface area (Å²) >= 11 is 0. The molecule has 1 aliphatic heterocycles. The van der Waals surface area contributed by atoms with E-state index in [-0.39, 0.29) is 25.3 Å². The summed E-state index contributed by atoms with van der Waals surface area (Å²) in [4.78, 5) is 14.9. The SMILES string of the molecule is COc1ccc(C(NC(=O)CN(C)Cc2ccc3c(c2)OCO3)c2ccccc2)cc1. The maximum atomic E-state index is 12.9. The molecule has 3 aromatic rings. The van der Waals surface area contributed by atoms with Gasteiger partial charge < -0.3 is 19.5 Å². The number of ether oxygens (including phenoxy) is 3. The molecule has 1 N–H and O–H groups in total. The maximum Gasteiger partial charge on any atom is 0.234 e. The van der Waals surface area contributed by atoms with Gasteiger partial charge in [0, 0.05) is 6.54 Å². The van der Waals surface area contributed by atoms with E-state index in [4.69, 9.17) is 14.2 Å². The first kappa shape index (κ1) is 20.8. The highest BCUT2D eigenvalue weighted by molar-refractivity contribution is 5.79. The number of nitrogens with one attached hydrogen (secondary N) is 1. The Morgan fingerprint density at radius 1 is 1.00 bits per heavy atom. The summed E-state index contributed by atoms with van der Waals surface area (Å²) in [6, 6.07) is 23.3. The van der Waals surface area contributed by atoms with Gasteiger partial charge in [0.05, 0.1) is 19.7 Å². The van der Waals surface area contributed by atoms with E-state index in [0.29, 0.717) is 6.54 Å². The van der Waals surface area contributed by atoms with Crippen LogP contribution < -0.4 is 19.5 Å². The number of rotatable bonds is 8. The lowest BCUT2D eigenvalue weighted by atomic mass is 9.98. The number of likely N-dealkylation sites (N-methyl/N-ethyl adjacent to an activating group) is 1. The van der Waals surface area contributed by atoms with Crippen LogP contribution in [0.2, 0.25) is 0 Å². The molecule has 0 saturated carbocycles. The fourth-order valence-electron chi connectivity index (χ4n) is 3.66. The van der Waals surface area contributed by atoms with Crippen molar-refractivity contribution in [3.63, 3.8) is 0 Å². The van der Waals surface area contributed by atoms with Crippen LogP contribution in [0.25, 0.3) is 0 Å². The molecule has 3 aromatic carbocycles. The van der Waals surface area contributed by atoms with E-state index in [1.807, 2.05) is 84.7 Å². The average molecular weight is 418 g/mol. The third-order valence-corrected chi connectivity index (χ3v) is 5.19. The molecule has 1 heterocycles. The largest absolute Gasteiger partial charge is 0.497 e. The summed E-state index contributed by atoms with van der Waals surface area (Å²) in [7, 11) is 3.57. The third-order valence-electron chi connectivity index (χ3n) is 5.19. The van der Waals surface area contributed by atoms with Crippen molar-refractivity contribution >= 4 is 5.91 Å². The summed E-state index contributed by atoms with van der Waals surface area (Å²) < 4.78 is 16.1. The molecule has 0 radical (unpaired) electrons. The second kappa shape index (κ2) is 9.53. The highest BCUT2D eigenvalue weighted by Gasteiger charge is 2.19. The monoisotopic (exact) mass is 418 g/mol. The van der Waals surface area contributed by atoms with Gasteiger partial charge in [0.1, 0.15) is 5.75 Å². The Kier molecular flexibility index (Phi) is 6.38. The number of carbonyl (C=O) groups is 1. The normalized spacial score (nSPS) is 13.1. The van der Waals surface area contributed by atoms with Gasteiger partial charge in [0.15, 0.2) is 11.5 Å².